The molecule has 0 aliphatic heterocycles. The van der Waals surface area contributed by atoms with Crippen LogP contribution in [0.3, 0.4) is 0 Å². The second-order valence-corrected chi connectivity index (χ2v) is 8.14. The Morgan fingerprint density at radius 2 is 2.05 bits per heavy atom. The first-order valence-electron chi connectivity index (χ1n) is 6.73. The lowest BCUT2D eigenvalue weighted by molar-refractivity contribution is 0.553. The van der Waals surface area contributed by atoms with Crippen LogP contribution in [-0.4, -0.2) is 38.8 Å². The van der Waals surface area contributed by atoms with Crippen molar-refractivity contribution < 1.29 is 12.8 Å². The van der Waals surface area contributed by atoms with Gasteiger partial charge in [-0.15, -0.1) is 11.8 Å². The molecule has 1 atom stereocenters. The molecule has 6 heteroatoms. The summed E-state index contributed by atoms with van der Waals surface area (Å²) < 4.78 is 36.3. The van der Waals surface area contributed by atoms with Crippen LogP contribution < -0.4 is 5.32 Å². The number of thioether (sulfide) groups is 1. The summed E-state index contributed by atoms with van der Waals surface area (Å²) in [7, 11) is -1.04. The number of rotatable bonds is 9. The molecule has 0 radical (unpaired) electrons. The van der Waals surface area contributed by atoms with E-state index >= 15 is 0 Å². The first-order chi connectivity index (χ1) is 9.48. The molecule has 0 aromatic heterocycles. The average molecular weight is 319 g/mol. The third kappa shape index (κ3) is 6.24. The van der Waals surface area contributed by atoms with Gasteiger partial charge < -0.3 is 5.32 Å². The van der Waals surface area contributed by atoms with Gasteiger partial charge in [0.25, 0.3) is 0 Å². The van der Waals surface area contributed by atoms with Gasteiger partial charge in [0.1, 0.15) is 15.7 Å². The average Bonchev–Trinajstić information content (AvgIpc) is 2.44. The molecule has 114 valence electrons. The summed E-state index contributed by atoms with van der Waals surface area (Å²) in [5.74, 6) is 0.942. The van der Waals surface area contributed by atoms with Gasteiger partial charge in [-0.05, 0) is 32.0 Å². The van der Waals surface area contributed by atoms with Gasteiger partial charge in [-0.25, -0.2) is 12.8 Å². The zero-order chi connectivity index (χ0) is 15.0. The lowest BCUT2D eigenvalue weighted by Crippen LogP contribution is -2.28. The highest BCUT2D eigenvalue weighted by atomic mass is 32.2. The maximum atomic E-state index is 13.5. The molecule has 0 heterocycles. The fraction of sp³-hybridized carbons (Fsp3) is 0.571. The summed E-state index contributed by atoms with van der Waals surface area (Å²) in [5, 5.41) is 3.16. The van der Waals surface area contributed by atoms with E-state index in [1.54, 1.807) is 19.1 Å². The van der Waals surface area contributed by atoms with Gasteiger partial charge in [0, 0.05) is 22.4 Å². The van der Waals surface area contributed by atoms with E-state index in [1.807, 2.05) is 13.1 Å². The number of hydrogen-bond acceptors (Lipinski definition) is 4. The molecule has 20 heavy (non-hydrogen) atoms. The summed E-state index contributed by atoms with van der Waals surface area (Å²) in [6.07, 6.45) is 1.41. The van der Waals surface area contributed by atoms with Gasteiger partial charge >= 0.3 is 0 Å². The number of nitrogens with one attached hydrogen (secondary N) is 1. The molecular formula is C14H22FNO2S2. The first kappa shape index (κ1) is 17.5. The van der Waals surface area contributed by atoms with Crippen molar-refractivity contribution in [2.75, 3.05) is 24.3 Å². The Bertz CT molecular complexity index is 506. The largest absolute Gasteiger partial charge is 0.316 e. The fourth-order valence-corrected chi connectivity index (χ4v) is 3.75. The van der Waals surface area contributed by atoms with Gasteiger partial charge in [-0.2, -0.15) is 0 Å². The second-order valence-electron chi connectivity index (χ2n) is 4.61. The number of halogens is 1. The van der Waals surface area contributed by atoms with E-state index < -0.39 is 9.84 Å². The van der Waals surface area contributed by atoms with Crippen molar-refractivity contribution in [1.29, 1.82) is 0 Å². The van der Waals surface area contributed by atoms with Crippen LogP contribution in [0.2, 0.25) is 0 Å². The lowest BCUT2D eigenvalue weighted by Gasteiger charge is -2.15. The molecular weight excluding hydrogens is 297 g/mol. The molecule has 0 saturated carbocycles. The quantitative estimate of drug-likeness (QED) is 0.711. The number of hydrogen-bond donors (Lipinski definition) is 1. The van der Waals surface area contributed by atoms with E-state index in [-0.39, 0.29) is 23.4 Å². The predicted molar refractivity (Wildman–Crippen MR) is 83.5 cm³/mol. The van der Waals surface area contributed by atoms with E-state index in [4.69, 9.17) is 0 Å². The predicted octanol–water partition coefficient (Wildman–Crippen LogP) is 2.72. The SMILES string of the molecule is CCS(=O)(=O)CCCC(CSc1ccccc1F)NC. The molecule has 0 aliphatic carbocycles. The molecule has 1 aromatic carbocycles. The lowest BCUT2D eigenvalue weighted by atomic mass is 10.2. The molecule has 0 spiro atoms. The number of benzene rings is 1. The van der Waals surface area contributed by atoms with Crippen molar-refractivity contribution in [3.05, 3.63) is 30.1 Å². The monoisotopic (exact) mass is 319 g/mol. The second kappa shape index (κ2) is 8.64. The van der Waals surface area contributed by atoms with Crippen molar-refractivity contribution in [1.82, 2.24) is 5.32 Å². The minimum Gasteiger partial charge on any atom is -0.316 e. The summed E-state index contributed by atoms with van der Waals surface area (Å²) in [6, 6.07) is 6.88. The summed E-state index contributed by atoms with van der Waals surface area (Å²) in [6.45, 7) is 1.67. The third-order valence-corrected chi connectivity index (χ3v) is 6.13. The highest BCUT2D eigenvalue weighted by molar-refractivity contribution is 7.99. The Morgan fingerprint density at radius 3 is 2.65 bits per heavy atom. The van der Waals surface area contributed by atoms with Crippen LogP contribution >= 0.6 is 11.8 Å². The fourth-order valence-electron chi connectivity index (χ4n) is 1.76. The Balaban J connectivity index is 2.39. The Labute approximate surface area is 125 Å². The van der Waals surface area contributed by atoms with Crippen LogP contribution in [0.25, 0.3) is 0 Å². The van der Waals surface area contributed by atoms with E-state index in [2.05, 4.69) is 5.32 Å². The summed E-state index contributed by atoms with van der Waals surface area (Å²) in [4.78, 5) is 0.633. The van der Waals surface area contributed by atoms with E-state index in [1.165, 1.54) is 17.8 Å². The van der Waals surface area contributed by atoms with Crippen molar-refractivity contribution >= 4 is 21.6 Å². The molecule has 1 unspecified atom stereocenters. The molecule has 3 nitrogen and oxygen atoms in total. The zero-order valence-electron chi connectivity index (χ0n) is 11.9. The summed E-state index contributed by atoms with van der Waals surface area (Å²) >= 11 is 1.46. The molecule has 1 aromatic rings. The topological polar surface area (TPSA) is 46.2 Å². The van der Waals surface area contributed by atoms with Crippen LogP contribution in [0.4, 0.5) is 4.39 Å². The Hall–Kier alpha value is -0.590. The molecule has 0 fully saturated rings. The Morgan fingerprint density at radius 1 is 1.35 bits per heavy atom. The van der Waals surface area contributed by atoms with Crippen LogP contribution in [-0.2, 0) is 9.84 Å². The zero-order valence-corrected chi connectivity index (χ0v) is 13.6. The van der Waals surface area contributed by atoms with Gasteiger partial charge in [0.15, 0.2) is 0 Å². The number of sulfone groups is 1. The van der Waals surface area contributed by atoms with Crippen LogP contribution in [0.15, 0.2) is 29.2 Å². The van der Waals surface area contributed by atoms with Crippen molar-refractivity contribution in [2.24, 2.45) is 0 Å². The maximum Gasteiger partial charge on any atom is 0.150 e. The molecule has 0 amide bonds. The summed E-state index contributed by atoms with van der Waals surface area (Å²) in [5.41, 5.74) is 0. The maximum absolute atomic E-state index is 13.5. The van der Waals surface area contributed by atoms with Crippen molar-refractivity contribution in [3.8, 4) is 0 Å². The smallest absolute Gasteiger partial charge is 0.150 e. The van der Waals surface area contributed by atoms with Gasteiger partial charge in [-0.3, -0.25) is 0 Å². The molecule has 1 N–H and O–H groups in total. The standard InChI is InChI=1S/C14H22FNO2S2/c1-3-20(17,18)10-6-7-12(16-2)11-19-14-9-5-4-8-13(14)15/h4-5,8-9,12,16H,3,6-7,10-11H2,1-2H3. The van der Waals surface area contributed by atoms with Crippen LogP contribution in [0.5, 0.6) is 0 Å². The van der Waals surface area contributed by atoms with E-state index in [0.29, 0.717) is 11.3 Å². The van der Waals surface area contributed by atoms with E-state index in [9.17, 15) is 12.8 Å². The van der Waals surface area contributed by atoms with Gasteiger partial charge in [0.2, 0.25) is 0 Å². The first-order valence-corrected chi connectivity index (χ1v) is 9.54. The van der Waals surface area contributed by atoms with Gasteiger partial charge in [-0.1, -0.05) is 19.1 Å². The minimum atomic E-state index is -2.89. The third-order valence-electron chi connectivity index (χ3n) is 3.13. The van der Waals surface area contributed by atoms with E-state index in [0.717, 1.165) is 12.2 Å². The minimum absolute atomic E-state index is 0.187. The molecule has 1 rings (SSSR count). The Kier molecular flexibility index (Phi) is 7.55. The van der Waals surface area contributed by atoms with Crippen LogP contribution in [0.1, 0.15) is 19.8 Å². The highest BCUT2D eigenvalue weighted by Crippen LogP contribution is 2.22. The molecule has 0 bridgehead atoms. The van der Waals surface area contributed by atoms with Crippen LogP contribution in [0, 0.1) is 5.82 Å². The molecule has 0 aliphatic rings. The van der Waals surface area contributed by atoms with Crippen molar-refractivity contribution in [2.45, 2.75) is 30.7 Å². The normalized spacial score (nSPS) is 13.3. The van der Waals surface area contributed by atoms with Gasteiger partial charge in [0.05, 0.1) is 5.75 Å². The molecule has 0 saturated heterocycles. The van der Waals surface area contributed by atoms with Crippen molar-refractivity contribution in [3.63, 3.8) is 0 Å². The highest BCUT2D eigenvalue weighted by Gasteiger charge is 2.12.